The second kappa shape index (κ2) is 14.4. The predicted octanol–water partition coefficient (Wildman–Crippen LogP) is 7.79. The minimum atomic E-state index is -1.03. The molecule has 0 aliphatic heterocycles. The van der Waals surface area contributed by atoms with Crippen molar-refractivity contribution in [2.45, 2.75) is 103 Å². The molecule has 0 saturated carbocycles. The minimum absolute atomic E-state index is 0.197. The van der Waals surface area contributed by atoms with Gasteiger partial charge in [-0.25, -0.2) is 4.98 Å². The molecule has 2 N–H and O–H groups in total. The van der Waals surface area contributed by atoms with E-state index in [4.69, 9.17) is 4.18 Å². The standard InChI is InChI=1S/C27H42N2O4S/c1-5-9-13-20(7-3)17-27(19-24(30)31,18-21(8-4)14-10-6-2)25(32)33-34-26-28-22-15-11-12-16-23(22)29-26/h11-12,15-16,20-21H,5-10,13-14,17-19H2,1-4H3,(H,28,29)(H,30,31). The number of carboxylic acids is 1. The largest absolute Gasteiger partial charge is 0.481 e. The molecular weight excluding hydrogens is 448 g/mol. The maximum absolute atomic E-state index is 13.7. The zero-order valence-corrected chi connectivity index (χ0v) is 22.1. The Bertz CT molecular complexity index is 847. The lowest BCUT2D eigenvalue weighted by Gasteiger charge is -2.36. The molecule has 1 heterocycles. The highest BCUT2D eigenvalue weighted by Gasteiger charge is 2.45. The summed E-state index contributed by atoms with van der Waals surface area (Å²) in [6, 6.07) is 7.64. The molecule has 2 rings (SSSR count). The van der Waals surface area contributed by atoms with E-state index in [1.807, 2.05) is 24.3 Å². The van der Waals surface area contributed by atoms with Crippen LogP contribution in [0.3, 0.4) is 0 Å². The Morgan fingerprint density at radius 3 is 2.12 bits per heavy atom. The molecule has 0 saturated heterocycles. The van der Waals surface area contributed by atoms with Gasteiger partial charge in [0.25, 0.3) is 0 Å². The SMILES string of the molecule is CCCCC(CC)CC(CC(=O)O)(CC(CC)CCCC)C(=O)OSc1nc2ccccc2[nH]1. The monoisotopic (exact) mass is 490 g/mol. The molecule has 0 spiro atoms. The molecule has 0 amide bonds. The third-order valence-corrected chi connectivity index (χ3v) is 7.52. The van der Waals surface area contributed by atoms with E-state index < -0.39 is 17.4 Å². The van der Waals surface area contributed by atoms with Crippen LogP contribution in [0, 0.1) is 17.3 Å². The fraction of sp³-hybridized carbons (Fsp3) is 0.667. The Hall–Kier alpha value is -2.02. The van der Waals surface area contributed by atoms with Crippen molar-refractivity contribution in [1.82, 2.24) is 9.97 Å². The maximum atomic E-state index is 13.7. The van der Waals surface area contributed by atoms with E-state index >= 15 is 0 Å². The lowest BCUT2D eigenvalue weighted by atomic mass is 9.68. The van der Waals surface area contributed by atoms with Gasteiger partial charge in [-0.1, -0.05) is 91.2 Å². The van der Waals surface area contributed by atoms with Gasteiger partial charge in [0.15, 0.2) is 0 Å². The number of carboxylic acid groups (broad SMARTS) is 1. The number of hydrogen-bond acceptors (Lipinski definition) is 5. The highest BCUT2D eigenvalue weighted by Crippen LogP contribution is 2.43. The first-order valence-corrected chi connectivity index (χ1v) is 13.7. The van der Waals surface area contributed by atoms with Gasteiger partial charge in [0.05, 0.1) is 22.9 Å². The third-order valence-electron chi connectivity index (χ3n) is 6.93. The zero-order valence-electron chi connectivity index (χ0n) is 21.3. The van der Waals surface area contributed by atoms with E-state index in [0.717, 1.165) is 74.4 Å². The third kappa shape index (κ3) is 8.33. The zero-order chi connectivity index (χ0) is 25.0. The lowest BCUT2D eigenvalue weighted by molar-refractivity contribution is -0.155. The van der Waals surface area contributed by atoms with Gasteiger partial charge in [-0.3, -0.25) is 9.59 Å². The van der Waals surface area contributed by atoms with Gasteiger partial charge in [0, 0.05) is 0 Å². The minimum Gasteiger partial charge on any atom is -0.481 e. The Morgan fingerprint density at radius 2 is 1.62 bits per heavy atom. The van der Waals surface area contributed by atoms with Crippen molar-refractivity contribution in [3.8, 4) is 0 Å². The number of aliphatic carboxylic acids is 1. The average Bonchev–Trinajstić information content (AvgIpc) is 3.25. The molecule has 0 bridgehead atoms. The maximum Gasteiger partial charge on any atom is 0.325 e. The number of hydrogen-bond donors (Lipinski definition) is 2. The summed E-state index contributed by atoms with van der Waals surface area (Å²) in [7, 11) is 0. The molecule has 2 atom stereocenters. The molecule has 7 heteroatoms. The molecule has 1 aromatic carbocycles. The van der Waals surface area contributed by atoms with Crippen molar-refractivity contribution in [2.75, 3.05) is 0 Å². The van der Waals surface area contributed by atoms with Gasteiger partial charge in [-0.05, 0) is 36.8 Å². The first-order chi connectivity index (χ1) is 16.4. The summed E-state index contributed by atoms with van der Waals surface area (Å²) in [5.41, 5.74) is 0.636. The molecule has 0 aliphatic carbocycles. The molecule has 1 aromatic heterocycles. The van der Waals surface area contributed by atoms with Crippen molar-refractivity contribution in [1.29, 1.82) is 0 Å². The van der Waals surface area contributed by atoms with Gasteiger partial charge in [-0.15, -0.1) is 0 Å². The van der Waals surface area contributed by atoms with Gasteiger partial charge in [0.2, 0.25) is 5.16 Å². The molecule has 0 aliphatic rings. The van der Waals surface area contributed by atoms with E-state index in [2.05, 4.69) is 37.7 Å². The van der Waals surface area contributed by atoms with Gasteiger partial charge in [-0.2, -0.15) is 0 Å². The Balaban J connectivity index is 2.30. The number of nitrogens with zero attached hydrogens (tertiary/aromatic N) is 1. The second-order valence-corrected chi connectivity index (χ2v) is 10.3. The summed E-state index contributed by atoms with van der Waals surface area (Å²) in [4.78, 5) is 33.4. The van der Waals surface area contributed by atoms with Crippen LogP contribution in [0.15, 0.2) is 29.4 Å². The normalized spacial score (nSPS) is 15.1. The molecule has 0 fully saturated rings. The highest BCUT2D eigenvalue weighted by molar-refractivity contribution is 7.94. The van der Waals surface area contributed by atoms with Crippen LogP contribution < -0.4 is 0 Å². The smallest absolute Gasteiger partial charge is 0.325 e. The van der Waals surface area contributed by atoms with E-state index in [1.165, 1.54) is 0 Å². The van der Waals surface area contributed by atoms with Crippen LogP contribution in [0.25, 0.3) is 11.0 Å². The quantitative estimate of drug-likeness (QED) is 0.220. The number of aromatic nitrogens is 2. The predicted molar refractivity (Wildman–Crippen MR) is 139 cm³/mol. The molecule has 2 unspecified atom stereocenters. The number of aromatic amines is 1. The number of para-hydroxylation sites is 2. The average molecular weight is 491 g/mol. The van der Waals surface area contributed by atoms with Crippen molar-refractivity contribution in [3.05, 3.63) is 24.3 Å². The highest BCUT2D eigenvalue weighted by atomic mass is 32.2. The number of carbonyl (C=O) groups is 2. The van der Waals surface area contributed by atoms with Crippen LogP contribution in [0.4, 0.5) is 0 Å². The van der Waals surface area contributed by atoms with E-state index in [-0.39, 0.29) is 6.42 Å². The Labute approximate surface area is 208 Å². The number of unbranched alkanes of at least 4 members (excludes halogenated alkanes) is 2. The number of fused-ring (bicyclic) bond motifs is 1. The van der Waals surface area contributed by atoms with Crippen LogP contribution in [0.5, 0.6) is 0 Å². The van der Waals surface area contributed by atoms with Crippen molar-refractivity contribution >= 4 is 35.0 Å². The first-order valence-electron chi connectivity index (χ1n) is 12.9. The fourth-order valence-corrected chi connectivity index (χ4v) is 5.50. The van der Waals surface area contributed by atoms with E-state index in [1.54, 1.807) is 0 Å². The van der Waals surface area contributed by atoms with E-state index in [0.29, 0.717) is 29.8 Å². The number of benzene rings is 1. The fourth-order valence-electron chi connectivity index (χ4n) is 4.88. The van der Waals surface area contributed by atoms with Gasteiger partial charge < -0.3 is 14.3 Å². The molecule has 34 heavy (non-hydrogen) atoms. The van der Waals surface area contributed by atoms with Crippen molar-refractivity contribution in [2.24, 2.45) is 17.3 Å². The number of H-pyrrole nitrogens is 1. The Morgan fingerprint density at radius 1 is 1.03 bits per heavy atom. The summed E-state index contributed by atoms with van der Waals surface area (Å²) >= 11 is 0.904. The molecule has 0 radical (unpaired) electrons. The van der Waals surface area contributed by atoms with E-state index in [9.17, 15) is 14.7 Å². The molecule has 190 valence electrons. The number of nitrogens with one attached hydrogen (secondary N) is 1. The van der Waals surface area contributed by atoms with Crippen LogP contribution in [0.1, 0.15) is 98.3 Å². The molecule has 6 nitrogen and oxygen atoms in total. The summed E-state index contributed by atoms with van der Waals surface area (Å²) in [5, 5.41) is 10.4. The van der Waals surface area contributed by atoms with Crippen LogP contribution in [-0.2, 0) is 13.8 Å². The number of rotatable bonds is 17. The summed E-state index contributed by atoms with van der Waals surface area (Å²) < 4.78 is 5.74. The topological polar surface area (TPSA) is 92.3 Å². The van der Waals surface area contributed by atoms with Crippen LogP contribution in [0.2, 0.25) is 0 Å². The lowest BCUT2D eigenvalue weighted by Crippen LogP contribution is -2.38. The van der Waals surface area contributed by atoms with Gasteiger partial charge >= 0.3 is 11.9 Å². The van der Waals surface area contributed by atoms with Crippen molar-refractivity contribution < 1.29 is 18.9 Å². The summed E-state index contributed by atoms with van der Waals surface area (Å²) in [5.74, 6) is -0.773. The summed E-state index contributed by atoms with van der Waals surface area (Å²) in [6.07, 6.45) is 9.11. The van der Waals surface area contributed by atoms with Crippen LogP contribution >= 0.6 is 12.0 Å². The number of carbonyl (C=O) groups excluding carboxylic acids is 1. The van der Waals surface area contributed by atoms with Gasteiger partial charge in [0.1, 0.15) is 12.0 Å². The number of imidazole rings is 1. The molecular formula is C27H42N2O4S. The van der Waals surface area contributed by atoms with Crippen molar-refractivity contribution in [3.63, 3.8) is 0 Å². The Kier molecular flexibility index (Phi) is 11.9. The summed E-state index contributed by atoms with van der Waals surface area (Å²) in [6.45, 7) is 8.59. The molecule has 2 aromatic rings. The van der Waals surface area contributed by atoms with Crippen LogP contribution in [-0.4, -0.2) is 27.0 Å². The second-order valence-electron chi connectivity index (χ2n) is 9.61. The first kappa shape index (κ1) is 28.2.